The predicted molar refractivity (Wildman–Crippen MR) is 140 cm³/mol. The highest BCUT2D eigenvalue weighted by Crippen LogP contribution is 2.43. The van der Waals surface area contributed by atoms with Crippen molar-refractivity contribution in [2.24, 2.45) is 0 Å². The first-order valence-electron chi connectivity index (χ1n) is 12.1. The van der Waals surface area contributed by atoms with Gasteiger partial charge in [-0.15, -0.1) is 0 Å². The lowest BCUT2D eigenvalue weighted by Gasteiger charge is -2.37. The third-order valence-corrected chi connectivity index (χ3v) is 11.6. The van der Waals surface area contributed by atoms with Gasteiger partial charge in [-0.2, -0.15) is 0 Å². The molecule has 0 atom stereocenters. The Labute approximate surface area is 194 Å². The van der Waals surface area contributed by atoms with Gasteiger partial charge in [0.05, 0.1) is 10.8 Å². The molecule has 0 aliphatic carbocycles. The summed E-state index contributed by atoms with van der Waals surface area (Å²) >= 11 is 0. The second-order valence-electron chi connectivity index (χ2n) is 11.3. The molecule has 1 aromatic heterocycles. The molecule has 3 aromatic rings. The van der Waals surface area contributed by atoms with Crippen molar-refractivity contribution >= 4 is 30.1 Å². The van der Waals surface area contributed by atoms with E-state index in [4.69, 9.17) is 8.84 Å². The molecule has 0 aliphatic rings. The zero-order chi connectivity index (χ0) is 23.7. The first-order chi connectivity index (χ1) is 14.9. The van der Waals surface area contributed by atoms with Crippen LogP contribution in [0.15, 0.2) is 45.6 Å². The van der Waals surface area contributed by atoms with Crippen molar-refractivity contribution in [2.45, 2.75) is 97.2 Å². The minimum absolute atomic E-state index is 0.0301. The molecule has 2 aromatic carbocycles. The van der Waals surface area contributed by atoms with Crippen LogP contribution in [0.4, 0.5) is 0 Å². The van der Waals surface area contributed by atoms with Crippen LogP contribution in [0.2, 0.25) is 18.1 Å². The average molecular weight is 453 g/mol. The molecule has 0 amide bonds. The maximum Gasteiger partial charge on any atom is 0.344 e. The molecule has 0 spiro atoms. The maximum atomic E-state index is 12.8. The first-order valence-corrected chi connectivity index (χ1v) is 15.0. The summed E-state index contributed by atoms with van der Waals surface area (Å²) in [6, 6.07) is 12.0. The highest BCUT2D eigenvalue weighted by atomic mass is 28.4. The first kappa shape index (κ1) is 24.6. The zero-order valence-corrected chi connectivity index (χ0v) is 22.2. The molecule has 32 heavy (non-hydrogen) atoms. The molecule has 3 nitrogen and oxygen atoms in total. The Hall–Kier alpha value is -2.07. The second kappa shape index (κ2) is 9.05. The Morgan fingerprint density at radius 1 is 0.938 bits per heavy atom. The topological polar surface area (TPSA) is 39.4 Å². The van der Waals surface area contributed by atoms with E-state index in [9.17, 15) is 4.79 Å². The van der Waals surface area contributed by atoms with Crippen LogP contribution in [-0.2, 0) is 5.41 Å². The Kier molecular flexibility index (Phi) is 6.95. The fraction of sp³-hybridized carbons (Fsp3) is 0.536. The number of hydrogen-bond donors (Lipinski definition) is 0. The van der Waals surface area contributed by atoms with E-state index < -0.39 is 8.32 Å². The van der Waals surface area contributed by atoms with Crippen LogP contribution in [0.5, 0.6) is 5.75 Å². The average Bonchev–Trinajstić information content (AvgIpc) is 2.70. The molecule has 0 unspecified atom stereocenters. The number of fused-ring (bicyclic) bond motifs is 3. The van der Waals surface area contributed by atoms with Crippen LogP contribution in [0.3, 0.4) is 0 Å². The zero-order valence-electron chi connectivity index (χ0n) is 21.2. The van der Waals surface area contributed by atoms with Gasteiger partial charge in [0, 0.05) is 5.39 Å². The monoisotopic (exact) mass is 452 g/mol. The van der Waals surface area contributed by atoms with Crippen LogP contribution in [0, 0.1) is 0 Å². The highest BCUT2D eigenvalue weighted by Gasteiger charge is 2.39. The van der Waals surface area contributed by atoms with Crippen LogP contribution in [-0.4, -0.2) is 8.32 Å². The molecule has 0 saturated carbocycles. The largest absolute Gasteiger partial charge is 0.543 e. The van der Waals surface area contributed by atoms with Crippen molar-refractivity contribution in [3.8, 4) is 5.75 Å². The van der Waals surface area contributed by atoms with Crippen LogP contribution in [0.1, 0.15) is 79.2 Å². The van der Waals surface area contributed by atoms with E-state index in [0.29, 0.717) is 11.0 Å². The predicted octanol–water partition coefficient (Wildman–Crippen LogP) is 8.58. The Morgan fingerprint density at radius 2 is 1.59 bits per heavy atom. The van der Waals surface area contributed by atoms with Gasteiger partial charge in [0.1, 0.15) is 11.3 Å². The minimum Gasteiger partial charge on any atom is -0.543 e. The van der Waals surface area contributed by atoms with E-state index >= 15 is 0 Å². The minimum atomic E-state index is -2.10. The normalized spacial score (nSPS) is 13.1. The van der Waals surface area contributed by atoms with E-state index in [2.05, 4.69) is 66.8 Å². The smallest absolute Gasteiger partial charge is 0.344 e. The Bertz CT molecular complexity index is 1150. The summed E-state index contributed by atoms with van der Waals surface area (Å²) in [7, 11) is -2.10. The van der Waals surface area contributed by atoms with Gasteiger partial charge in [-0.3, -0.25) is 0 Å². The maximum absolute atomic E-state index is 12.8. The number of hydrogen-bond acceptors (Lipinski definition) is 3. The molecule has 174 valence electrons. The van der Waals surface area contributed by atoms with E-state index in [0.717, 1.165) is 22.9 Å². The van der Waals surface area contributed by atoms with E-state index in [-0.39, 0.29) is 16.1 Å². The summed E-state index contributed by atoms with van der Waals surface area (Å²) < 4.78 is 12.8. The van der Waals surface area contributed by atoms with Gasteiger partial charge in [-0.25, -0.2) is 4.79 Å². The third kappa shape index (κ3) is 4.95. The molecule has 0 radical (unpaired) electrons. The third-order valence-electron chi connectivity index (χ3n) is 7.29. The molecule has 1 heterocycles. The Balaban J connectivity index is 2.22. The summed E-state index contributed by atoms with van der Waals surface area (Å²) in [6.45, 7) is 18.1. The molecular weight excluding hydrogens is 412 g/mol. The molecular formula is C28H40O3Si. The summed E-state index contributed by atoms with van der Waals surface area (Å²) in [5, 5.41) is 2.48. The van der Waals surface area contributed by atoms with Gasteiger partial charge in [0.2, 0.25) is 0 Å². The van der Waals surface area contributed by atoms with Gasteiger partial charge < -0.3 is 8.84 Å². The van der Waals surface area contributed by atoms with Gasteiger partial charge in [0.15, 0.2) is 0 Å². The summed E-state index contributed by atoms with van der Waals surface area (Å²) in [5.74, 6) is 0.852. The van der Waals surface area contributed by atoms with Crippen LogP contribution in [0.25, 0.3) is 21.7 Å². The molecule has 0 N–H and O–H groups in total. The van der Waals surface area contributed by atoms with Crippen molar-refractivity contribution in [3.05, 3.63) is 52.4 Å². The molecule has 0 fully saturated rings. The molecule has 0 aliphatic heterocycles. The summed E-state index contributed by atoms with van der Waals surface area (Å²) in [4.78, 5) is 12.8. The fourth-order valence-electron chi connectivity index (χ4n) is 4.01. The quantitative estimate of drug-likeness (QED) is 0.149. The second-order valence-corrected chi connectivity index (χ2v) is 16.1. The standard InChI is InChI=1S/C28H40O3Si/c1-9-10-11-14-17-28(5,6)20-18-23-25(21-15-12-13-16-22(21)26(29)30-23)24(19-20)31-32(7,8)27(2,3)4/h12-13,15-16,18-19H,9-11,14,17H2,1-8H3. The van der Waals surface area contributed by atoms with E-state index in [1.807, 2.05) is 24.3 Å². The number of unbranched alkanes of at least 4 members (excludes halogenated alkanes) is 3. The van der Waals surface area contributed by atoms with Gasteiger partial charge >= 0.3 is 5.63 Å². The summed E-state index contributed by atoms with van der Waals surface area (Å²) in [6.07, 6.45) is 6.04. The Morgan fingerprint density at radius 3 is 2.22 bits per heavy atom. The van der Waals surface area contributed by atoms with Crippen LogP contribution < -0.4 is 10.1 Å². The van der Waals surface area contributed by atoms with Crippen molar-refractivity contribution in [1.29, 1.82) is 0 Å². The molecule has 0 bridgehead atoms. The highest BCUT2D eigenvalue weighted by molar-refractivity contribution is 6.74. The van der Waals surface area contributed by atoms with Crippen molar-refractivity contribution < 1.29 is 8.84 Å². The summed E-state index contributed by atoms with van der Waals surface area (Å²) in [5.41, 5.74) is 1.48. The van der Waals surface area contributed by atoms with Gasteiger partial charge in [0.25, 0.3) is 8.32 Å². The molecule has 0 saturated heterocycles. The van der Waals surface area contributed by atoms with Gasteiger partial charge in [-0.05, 0) is 53.7 Å². The van der Waals surface area contributed by atoms with Crippen molar-refractivity contribution in [1.82, 2.24) is 0 Å². The SMILES string of the molecule is CCCCCCC(C)(C)c1cc(O[Si](C)(C)C(C)(C)C)c2c(c1)oc(=O)c1ccccc12. The van der Waals surface area contributed by atoms with E-state index in [1.54, 1.807) is 0 Å². The number of benzene rings is 2. The fourth-order valence-corrected chi connectivity index (χ4v) is 5.02. The van der Waals surface area contributed by atoms with Gasteiger partial charge in [-0.1, -0.05) is 85.4 Å². The lowest BCUT2D eigenvalue weighted by Crippen LogP contribution is -2.44. The van der Waals surface area contributed by atoms with Crippen molar-refractivity contribution in [3.63, 3.8) is 0 Å². The van der Waals surface area contributed by atoms with Crippen LogP contribution >= 0.6 is 0 Å². The molecule has 3 rings (SSSR count). The molecule has 4 heteroatoms. The lowest BCUT2D eigenvalue weighted by atomic mass is 9.79. The van der Waals surface area contributed by atoms with Crippen molar-refractivity contribution in [2.75, 3.05) is 0 Å². The lowest BCUT2D eigenvalue weighted by molar-refractivity contribution is 0.441. The van der Waals surface area contributed by atoms with E-state index in [1.165, 1.54) is 31.2 Å². The number of rotatable bonds is 8.